The van der Waals surface area contributed by atoms with Crippen LogP contribution in [-0.2, 0) is 15.1 Å². The Labute approximate surface area is 97.1 Å². The van der Waals surface area contributed by atoms with Crippen LogP contribution >= 0.6 is 11.6 Å². The summed E-state index contributed by atoms with van der Waals surface area (Å²) in [4.78, 5) is 21.5. The molecule has 0 unspecified atom stereocenters. The van der Waals surface area contributed by atoms with Crippen LogP contribution in [-0.4, -0.2) is 24.9 Å². The zero-order valence-electron chi connectivity index (χ0n) is 8.31. The van der Waals surface area contributed by atoms with Crippen molar-refractivity contribution in [1.82, 2.24) is 0 Å². The van der Waals surface area contributed by atoms with Gasteiger partial charge >= 0.3 is 6.16 Å². The molecule has 1 aromatic rings. The van der Waals surface area contributed by atoms with Crippen LogP contribution in [0.2, 0.25) is 0 Å². The van der Waals surface area contributed by atoms with Crippen LogP contribution in [0.3, 0.4) is 0 Å². The van der Waals surface area contributed by atoms with E-state index in [-0.39, 0.29) is 12.5 Å². The Morgan fingerprint density at radius 1 is 1.38 bits per heavy atom. The van der Waals surface area contributed by atoms with E-state index in [1.165, 1.54) is 0 Å². The summed E-state index contributed by atoms with van der Waals surface area (Å²) >= 11 is 5.81. The third-order valence-corrected chi connectivity index (χ3v) is 2.92. The fraction of sp³-hybridized carbons (Fsp3) is 0.273. The fourth-order valence-corrected chi connectivity index (χ4v) is 1.83. The van der Waals surface area contributed by atoms with Gasteiger partial charge in [0.15, 0.2) is 5.60 Å². The summed E-state index contributed by atoms with van der Waals surface area (Å²) < 4.78 is 9.83. The second-order valence-electron chi connectivity index (χ2n) is 3.51. The minimum atomic E-state index is -0.931. The highest BCUT2D eigenvalue weighted by molar-refractivity contribution is 6.18. The summed E-state index contributed by atoms with van der Waals surface area (Å²) in [6, 6.07) is 6.69. The molecule has 5 heteroatoms. The third kappa shape index (κ3) is 1.76. The van der Waals surface area contributed by atoms with Crippen molar-refractivity contribution < 1.29 is 19.1 Å². The first-order chi connectivity index (χ1) is 7.70. The van der Waals surface area contributed by atoms with E-state index in [9.17, 15) is 9.59 Å². The highest BCUT2D eigenvalue weighted by Gasteiger charge is 2.43. The van der Waals surface area contributed by atoms with E-state index in [1.54, 1.807) is 24.3 Å². The lowest BCUT2D eigenvalue weighted by molar-refractivity contribution is 0.0718. The average Bonchev–Trinajstić information content (AvgIpc) is 2.72. The van der Waals surface area contributed by atoms with E-state index in [4.69, 9.17) is 21.1 Å². The van der Waals surface area contributed by atoms with E-state index in [1.807, 2.05) is 0 Å². The van der Waals surface area contributed by atoms with Gasteiger partial charge < -0.3 is 9.47 Å². The maximum Gasteiger partial charge on any atom is 0.509 e. The number of carbonyl (C=O) groups excluding carboxylic acids is 2. The van der Waals surface area contributed by atoms with Crippen molar-refractivity contribution in [3.63, 3.8) is 0 Å². The van der Waals surface area contributed by atoms with Gasteiger partial charge in [0.2, 0.25) is 0 Å². The highest BCUT2D eigenvalue weighted by atomic mass is 35.5. The number of aldehydes is 1. The normalized spacial score (nSPS) is 23.7. The Balaban J connectivity index is 2.33. The number of hydrogen-bond donors (Lipinski definition) is 0. The summed E-state index contributed by atoms with van der Waals surface area (Å²) in [5.41, 5.74) is 0.345. The average molecular weight is 241 g/mol. The monoisotopic (exact) mass is 240 g/mol. The van der Waals surface area contributed by atoms with Crippen LogP contribution < -0.4 is 0 Å². The number of cyclic esters (lactones) is 2. The molecular weight excluding hydrogens is 232 g/mol. The van der Waals surface area contributed by atoms with Crippen LogP contribution in [0.4, 0.5) is 4.79 Å². The minimum Gasteiger partial charge on any atom is -0.430 e. The lowest BCUT2D eigenvalue weighted by Gasteiger charge is -2.22. The van der Waals surface area contributed by atoms with Crippen molar-refractivity contribution >= 4 is 24.0 Å². The van der Waals surface area contributed by atoms with Gasteiger partial charge in [0.05, 0.1) is 5.88 Å². The lowest BCUT2D eigenvalue weighted by atomic mass is 9.96. The molecule has 0 radical (unpaired) electrons. The largest absolute Gasteiger partial charge is 0.509 e. The molecule has 0 aromatic heterocycles. The Hall–Kier alpha value is -1.55. The number of rotatable bonds is 3. The smallest absolute Gasteiger partial charge is 0.430 e. The van der Waals surface area contributed by atoms with Gasteiger partial charge in [-0.3, -0.25) is 4.79 Å². The molecule has 0 amide bonds. The maximum absolute atomic E-state index is 11.0. The Morgan fingerprint density at radius 2 is 2.06 bits per heavy atom. The summed E-state index contributed by atoms with van der Waals surface area (Å²) in [5.74, 6) is 0.110. The van der Waals surface area contributed by atoms with Gasteiger partial charge in [-0.25, -0.2) is 4.79 Å². The lowest BCUT2D eigenvalue weighted by Crippen LogP contribution is -2.30. The molecule has 1 fully saturated rings. The second kappa shape index (κ2) is 4.14. The van der Waals surface area contributed by atoms with Crippen molar-refractivity contribution in [2.45, 2.75) is 5.60 Å². The number of carbonyl (C=O) groups is 2. The molecule has 1 heterocycles. The molecule has 1 aromatic carbocycles. The standard InChI is InChI=1S/C11H9ClO4/c12-6-11(7-15-10(14)16-11)9-3-1-8(5-13)2-4-9/h1-5H,6-7H2/t11-/m0/s1. The molecule has 1 aliphatic rings. The summed E-state index contributed by atoms with van der Waals surface area (Å²) in [7, 11) is 0. The minimum absolute atomic E-state index is 0.0930. The molecule has 0 N–H and O–H groups in total. The van der Waals surface area contributed by atoms with E-state index in [0.29, 0.717) is 5.56 Å². The van der Waals surface area contributed by atoms with E-state index < -0.39 is 11.8 Å². The van der Waals surface area contributed by atoms with Gasteiger partial charge in [0.1, 0.15) is 12.9 Å². The van der Waals surface area contributed by atoms with Gasteiger partial charge in [0.25, 0.3) is 0 Å². The molecule has 84 valence electrons. The third-order valence-electron chi connectivity index (χ3n) is 2.49. The van der Waals surface area contributed by atoms with Crippen molar-refractivity contribution in [2.24, 2.45) is 0 Å². The van der Waals surface area contributed by atoms with Crippen LogP contribution in [0.25, 0.3) is 0 Å². The van der Waals surface area contributed by atoms with Gasteiger partial charge in [-0.2, -0.15) is 0 Å². The molecule has 1 atom stereocenters. The summed E-state index contributed by atoms with van der Waals surface area (Å²) in [6.07, 6.45) is 0.0222. The van der Waals surface area contributed by atoms with Gasteiger partial charge in [-0.1, -0.05) is 24.3 Å². The quantitative estimate of drug-likeness (QED) is 0.461. The van der Waals surface area contributed by atoms with Crippen molar-refractivity contribution in [2.75, 3.05) is 12.5 Å². The van der Waals surface area contributed by atoms with Crippen LogP contribution in [0.5, 0.6) is 0 Å². The number of halogens is 1. The van der Waals surface area contributed by atoms with Crippen molar-refractivity contribution in [3.8, 4) is 0 Å². The molecule has 16 heavy (non-hydrogen) atoms. The van der Waals surface area contributed by atoms with E-state index in [0.717, 1.165) is 11.8 Å². The van der Waals surface area contributed by atoms with Crippen LogP contribution in [0.1, 0.15) is 15.9 Å². The Kier molecular flexibility index (Phi) is 2.83. The predicted molar refractivity (Wildman–Crippen MR) is 56.7 cm³/mol. The van der Waals surface area contributed by atoms with Crippen LogP contribution in [0, 0.1) is 0 Å². The zero-order valence-corrected chi connectivity index (χ0v) is 9.07. The van der Waals surface area contributed by atoms with E-state index in [2.05, 4.69) is 0 Å². The first-order valence-corrected chi connectivity index (χ1v) is 5.21. The number of hydrogen-bond acceptors (Lipinski definition) is 4. The fourth-order valence-electron chi connectivity index (χ4n) is 1.54. The molecule has 1 aliphatic heterocycles. The Morgan fingerprint density at radius 3 is 2.50 bits per heavy atom. The second-order valence-corrected chi connectivity index (χ2v) is 3.78. The molecule has 0 aliphatic carbocycles. The molecule has 1 saturated heterocycles. The highest BCUT2D eigenvalue weighted by Crippen LogP contribution is 2.32. The molecule has 0 saturated carbocycles. The van der Waals surface area contributed by atoms with Crippen LogP contribution in [0.15, 0.2) is 24.3 Å². The first-order valence-electron chi connectivity index (χ1n) is 4.68. The number of alkyl halides is 1. The Bertz CT molecular complexity index is 414. The molecule has 0 bridgehead atoms. The maximum atomic E-state index is 11.0. The van der Waals surface area contributed by atoms with Crippen molar-refractivity contribution in [3.05, 3.63) is 35.4 Å². The number of benzene rings is 1. The molecule has 2 rings (SSSR count). The number of ether oxygens (including phenoxy) is 2. The summed E-state index contributed by atoms with van der Waals surface area (Å²) in [6.45, 7) is 0.0930. The van der Waals surface area contributed by atoms with Crippen molar-refractivity contribution in [1.29, 1.82) is 0 Å². The van der Waals surface area contributed by atoms with Gasteiger partial charge in [-0.05, 0) is 0 Å². The molecular formula is C11H9ClO4. The molecule has 4 nitrogen and oxygen atoms in total. The molecule has 0 spiro atoms. The summed E-state index contributed by atoms with van der Waals surface area (Å²) in [5, 5.41) is 0. The zero-order chi connectivity index (χ0) is 11.6. The topological polar surface area (TPSA) is 52.6 Å². The van der Waals surface area contributed by atoms with Gasteiger partial charge in [0, 0.05) is 11.1 Å². The predicted octanol–water partition coefficient (Wildman–Crippen LogP) is 2.10. The van der Waals surface area contributed by atoms with E-state index >= 15 is 0 Å². The first kappa shape index (κ1) is 11.0. The SMILES string of the molecule is O=Cc1ccc([C@]2(CCl)COC(=O)O2)cc1. The van der Waals surface area contributed by atoms with Gasteiger partial charge in [-0.15, -0.1) is 11.6 Å².